The average Bonchev–Trinajstić information content (AvgIpc) is 3.20. The number of carbonyl (C=O) groups is 1. The second kappa shape index (κ2) is 8.63. The fourth-order valence-corrected chi connectivity index (χ4v) is 5.36. The Kier molecular flexibility index (Phi) is 6.08. The molecule has 2 aliphatic rings. The maximum Gasteiger partial charge on any atom is 0.268 e. The molecule has 0 N–H and O–H groups in total. The molecule has 1 heterocycles. The Morgan fingerprint density at radius 3 is 2.48 bits per heavy atom. The van der Waals surface area contributed by atoms with Crippen molar-refractivity contribution in [3.63, 3.8) is 0 Å². The highest BCUT2D eigenvalue weighted by Gasteiger charge is 2.32. The number of carbonyl (C=O) groups excluding carboxylic acids is 1. The summed E-state index contributed by atoms with van der Waals surface area (Å²) in [6.07, 6.45) is 5.23. The van der Waals surface area contributed by atoms with Crippen LogP contribution in [0, 0.1) is 0 Å². The Bertz CT molecular complexity index is 1090. The minimum absolute atomic E-state index is 0.0813. The minimum atomic E-state index is -3.50. The van der Waals surface area contributed by atoms with E-state index in [9.17, 15) is 13.2 Å². The van der Waals surface area contributed by atoms with Crippen molar-refractivity contribution in [2.24, 2.45) is 0 Å². The maximum atomic E-state index is 13.3. The summed E-state index contributed by atoms with van der Waals surface area (Å²) < 4.78 is 32.2. The van der Waals surface area contributed by atoms with Gasteiger partial charge < -0.3 is 9.64 Å². The zero-order chi connectivity index (χ0) is 22.2. The molecular formula is C24H30N2O4S. The van der Waals surface area contributed by atoms with E-state index in [2.05, 4.69) is 12.1 Å². The summed E-state index contributed by atoms with van der Waals surface area (Å²) in [7, 11) is -0.468. The quantitative estimate of drug-likeness (QED) is 0.686. The fourth-order valence-electron chi connectivity index (χ4n) is 4.41. The Morgan fingerprint density at radius 1 is 1.03 bits per heavy atom. The number of amides is 1. The summed E-state index contributed by atoms with van der Waals surface area (Å²) in [6, 6.07) is 11.2. The Balaban J connectivity index is 1.53. The van der Waals surface area contributed by atoms with Crippen molar-refractivity contribution in [2.75, 3.05) is 25.5 Å². The maximum absolute atomic E-state index is 13.3. The van der Waals surface area contributed by atoms with Crippen LogP contribution in [0.5, 0.6) is 5.75 Å². The second-order valence-electron chi connectivity index (χ2n) is 8.47. The van der Waals surface area contributed by atoms with Gasteiger partial charge in [0, 0.05) is 26.3 Å². The van der Waals surface area contributed by atoms with Crippen LogP contribution in [0.1, 0.15) is 42.9 Å². The number of sulfonamides is 1. The van der Waals surface area contributed by atoms with Gasteiger partial charge in [-0.3, -0.25) is 4.79 Å². The number of nitrogens with zero attached hydrogens (tertiary/aromatic N) is 2. The number of anilines is 1. The zero-order valence-corrected chi connectivity index (χ0v) is 19.2. The average molecular weight is 443 g/mol. The third-order valence-corrected chi connectivity index (χ3v) is 8.05. The van der Waals surface area contributed by atoms with Crippen LogP contribution in [-0.2, 0) is 34.1 Å². The largest absolute Gasteiger partial charge is 0.481 e. The molecule has 0 saturated heterocycles. The summed E-state index contributed by atoms with van der Waals surface area (Å²) >= 11 is 0. The van der Waals surface area contributed by atoms with E-state index in [0.29, 0.717) is 19.4 Å². The van der Waals surface area contributed by atoms with E-state index < -0.39 is 16.1 Å². The van der Waals surface area contributed by atoms with Gasteiger partial charge >= 0.3 is 0 Å². The highest BCUT2D eigenvalue weighted by Crippen LogP contribution is 2.32. The third-order valence-electron chi connectivity index (χ3n) is 6.24. The molecule has 1 aliphatic heterocycles. The minimum Gasteiger partial charge on any atom is -0.481 e. The van der Waals surface area contributed by atoms with Crippen LogP contribution in [-0.4, -0.2) is 45.4 Å². The molecule has 1 unspecified atom stereocenters. The number of fused-ring (bicyclic) bond motifs is 2. The number of hydrogen-bond acceptors (Lipinski definition) is 4. The van der Waals surface area contributed by atoms with Crippen molar-refractivity contribution >= 4 is 21.6 Å². The summed E-state index contributed by atoms with van der Waals surface area (Å²) in [5.41, 5.74) is 4.36. The van der Waals surface area contributed by atoms with Crippen LogP contribution < -0.4 is 9.64 Å². The first-order valence-electron chi connectivity index (χ1n) is 11.0. The van der Waals surface area contributed by atoms with Crippen molar-refractivity contribution in [1.82, 2.24) is 4.31 Å². The van der Waals surface area contributed by atoms with E-state index in [-0.39, 0.29) is 10.8 Å². The van der Waals surface area contributed by atoms with Crippen molar-refractivity contribution < 1.29 is 17.9 Å². The lowest BCUT2D eigenvalue weighted by molar-refractivity contribution is -0.125. The van der Waals surface area contributed by atoms with Gasteiger partial charge in [0.25, 0.3) is 5.91 Å². The number of ether oxygens (including phenoxy) is 1. The molecule has 2 aromatic carbocycles. The highest BCUT2D eigenvalue weighted by atomic mass is 32.2. The predicted octanol–water partition coefficient (Wildman–Crippen LogP) is 3.56. The molecular weight excluding hydrogens is 412 g/mol. The molecule has 0 radical (unpaired) electrons. The highest BCUT2D eigenvalue weighted by molar-refractivity contribution is 7.89. The van der Waals surface area contributed by atoms with Crippen LogP contribution in [0.3, 0.4) is 0 Å². The van der Waals surface area contributed by atoms with Crippen molar-refractivity contribution in [2.45, 2.75) is 56.4 Å². The van der Waals surface area contributed by atoms with Crippen molar-refractivity contribution in [3.8, 4) is 5.75 Å². The van der Waals surface area contributed by atoms with Gasteiger partial charge in [-0.2, -0.15) is 0 Å². The molecule has 31 heavy (non-hydrogen) atoms. The monoisotopic (exact) mass is 442 g/mol. The molecule has 1 aliphatic carbocycles. The van der Waals surface area contributed by atoms with Gasteiger partial charge in [0.2, 0.25) is 10.0 Å². The molecule has 0 aromatic heterocycles. The van der Waals surface area contributed by atoms with Gasteiger partial charge in [-0.15, -0.1) is 0 Å². The number of benzene rings is 2. The molecule has 2 aromatic rings. The molecule has 4 rings (SSSR count). The first kappa shape index (κ1) is 21.8. The van der Waals surface area contributed by atoms with Crippen molar-refractivity contribution in [1.29, 1.82) is 0 Å². The van der Waals surface area contributed by atoms with Gasteiger partial charge in [-0.1, -0.05) is 13.0 Å². The molecule has 0 spiro atoms. The Labute approximate surface area is 184 Å². The summed E-state index contributed by atoms with van der Waals surface area (Å²) in [4.78, 5) is 15.3. The SMILES string of the molecule is CCC(Oc1ccc2c(c1)CCCC2)C(=O)N1CCc2cc(S(=O)(=O)N(C)C)ccc21. The molecule has 0 fully saturated rings. The lowest BCUT2D eigenvalue weighted by Crippen LogP contribution is -2.41. The molecule has 6 nitrogen and oxygen atoms in total. The van der Waals surface area contributed by atoms with Crippen molar-refractivity contribution in [3.05, 3.63) is 53.1 Å². The first-order chi connectivity index (χ1) is 14.8. The number of aryl methyl sites for hydroxylation is 2. The topological polar surface area (TPSA) is 66.9 Å². The van der Waals surface area contributed by atoms with E-state index in [1.54, 1.807) is 23.1 Å². The number of hydrogen-bond donors (Lipinski definition) is 0. The van der Waals surface area contributed by atoms with E-state index in [0.717, 1.165) is 29.8 Å². The second-order valence-corrected chi connectivity index (χ2v) is 10.6. The van der Waals surface area contributed by atoms with Crippen LogP contribution >= 0.6 is 0 Å². The van der Waals surface area contributed by atoms with E-state index in [1.165, 1.54) is 42.4 Å². The van der Waals surface area contributed by atoms with Crippen LogP contribution in [0.25, 0.3) is 0 Å². The molecule has 0 bridgehead atoms. The van der Waals surface area contributed by atoms with Gasteiger partial charge in [0.15, 0.2) is 6.10 Å². The normalized spacial score (nSPS) is 16.7. The van der Waals surface area contributed by atoms with E-state index >= 15 is 0 Å². The van der Waals surface area contributed by atoms with Gasteiger partial charge in [-0.25, -0.2) is 12.7 Å². The summed E-state index contributed by atoms with van der Waals surface area (Å²) in [5, 5.41) is 0. The van der Waals surface area contributed by atoms with E-state index in [1.807, 2.05) is 13.0 Å². The van der Waals surface area contributed by atoms with Gasteiger partial charge in [0.05, 0.1) is 4.90 Å². The molecule has 7 heteroatoms. The first-order valence-corrected chi connectivity index (χ1v) is 12.4. The third kappa shape index (κ3) is 4.21. The Hall–Kier alpha value is -2.38. The van der Waals surface area contributed by atoms with Crippen LogP contribution in [0.15, 0.2) is 41.3 Å². The fraction of sp³-hybridized carbons (Fsp3) is 0.458. The standard InChI is InChI=1S/C24H30N2O4S/c1-4-23(30-20-10-9-17-7-5-6-8-18(17)15-20)24(27)26-14-13-19-16-21(11-12-22(19)26)31(28,29)25(2)3/h9-12,15-16,23H,4-8,13-14H2,1-3H3. The molecule has 1 atom stereocenters. The lowest BCUT2D eigenvalue weighted by atomic mass is 9.92. The summed E-state index contributed by atoms with van der Waals surface area (Å²) in [5.74, 6) is 0.662. The molecule has 0 saturated carbocycles. The zero-order valence-electron chi connectivity index (χ0n) is 18.4. The number of rotatable bonds is 6. The lowest BCUT2D eigenvalue weighted by Gasteiger charge is -2.25. The Morgan fingerprint density at radius 2 is 1.77 bits per heavy atom. The van der Waals surface area contributed by atoms with Gasteiger partial charge in [0.1, 0.15) is 5.75 Å². The van der Waals surface area contributed by atoms with E-state index in [4.69, 9.17) is 4.74 Å². The smallest absolute Gasteiger partial charge is 0.268 e. The van der Waals surface area contributed by atoms with Crippen LogP contribution in [0.4, 0.5) is 5.69 Å². The van der Waals surface area contributed by atoms with Crippen LogP contribution in [0.2, 0.25) is 0 Å². The predicted molar refractivity (Wildman–Crippen MR) is 121 cm³/mol. The summed E-state index contributed by atoms with van der Waals surface area (Å²) in [6.45, 7) is 2.48. The van der Waals surface area contributed by atoms with Gasteiger partial charge in [-0.05, 0) is 85.5 Å². The molecule has 166 valence electrons. The molecule has 1 amide bonds.